The summed E-state index contributed by atoms with van der Waals surface area (Å²) in [6, 6.07) is 5.15. The molecule has 1 heterocycles. The van der Waals surface area contributed by atoms with Crippen molar-refractivity contribution in [3.63, 3.8) is 0 Å². The summed E-state index contributed by atoms with van der Waals surface area (Å²) in [4.78, 5) is 0.334. The molecule has 1 aliphatic heterocycles. The predicted octanol–water partition coefficient (Wildman–Crippen LogP) is 1.53. The molecule has 0 aliphatic carbocycles. The Bertz CT molecular complexity index is 552. The van der Waals surface area contributed by atoms with E-state index in [4.69, 9.17) is 0 Å². The Labute approximate surface area is 108 Å². The molecular weight excluding hydrogens is 248 g/mol. The van der Waals surface area contributed by atoms with E-state index in [0.29, 0.717) is 11.3 Å². The maximum Gasteiger partial charge on any atom is 0.240 e. The lowest BCUT2D eigenvalue weighted by molar-refractivity contribution is 0.562. The van der Waals surface area contributed by atoms with Crippen LogP contribution >= 0.6 is 0 Å². The molecule has 1 aliphatic rings. The highest BCUT2D eigenvalue weighted by atomic mass is 32.2. The highest BCUT2D eigenvalue weighted by molar-refractivity contribution is 7.89. The molecule has 5 heteroatoms. The Morgan fingerprint density at radius 1 is 1.44 bits per heavy atom. The van der Waals surface area contributed by atoms with Crippen LogP contribution in [0.4, 0.5) is 0 Å². The van der Waals surface area contributed by atoms with Gasteiger partial charge in [-0.2, -0.15) is 0 Å². The van der Waals surface area contributed by atoms with Crippen LogP contribution in [0.3, 0.4) is 0 Å². The van der Waals surface area contributed by atoms with Crippen molar-refractivity contribution in [1.82, 2.24) is 10.0 Å². The van der Waals surface area contributed by atoms with Crippen molar-refractivity contribution >= 4 is 10.0 Å². The van der Waals surface area contributed by atoms with Crippen molar-refractivity contribution in [2.24, 2.45) is 0 Å². The second-order valence-electron chi connectivity index (χ2n) is 4.58. The van der Waals surface area contributed by atoms with E-state index in [0.717, 1.165) is 18.7 Å². The molecule has 0 aromatic heterocycles. The average molecular weight is 266 g/mol. The van der Waals surface area contributed by atoms with Crippen molar-refractivity contribution in [2.75, 3.05) is 0 Å². The van der Waals surface area contributed by atoms with E-state index < -0.39 is 10.0 Å². The van der Waals surface area contributed by atoms with E-state index in [1.54, 1.807) is 18.2 Å². The summed E-state index contributed by atoms with van der Waals surface area (Å²) in [5, 5.41) is 3.20. The van der Waals surface area contributed by atoms with Crippen LogP contribution < -0.4 is 10.0 Å². The molecule has 4 nitrogen and oxygen atoms in total. The van der Waals surface area contributed by atoms with Gasteiger partial charge >= 0.3 is 0 Å². The first-order valence-electron chi connectivity index (χ1n) is 5.98. The summed E-state index contributed by atoms with van der Waals surface area (Å²) < 4.78 is 26.9. The van der Waals surface area contributed by atoms with Gasteiger partial charge in [-0.15, -0.1) is 6.58 Å². The van der Waals surface area contributed by atoms with E-state index >= 15 is 0 Å². The zero-order valence-electron chi connectivity index (χ0n) is 10.4. The Morgan fingerprint density at radius 2 is 2.17 bits per heavy atom. The first-order chi connectivity index (χ1) is 8.53. The van der Waals surface area contributed by atoms with Crippen LogP contribution in [0.15, 0.2) is 35.7 Å². The van der Waals surface area contributed by atoms with E-state index in [1.165, 1.54) is 5.56 Å². The smallest absolute Gasteiger partial charge is 0.240 e. The quantitative estimate of drug-likeness (QED) is 0.795. The van der Waals surface area contributed by atoms with Crippen LogP contribution in [0.25, 0.3) is 0 Å². The summed E-state index contributed by atoms with van der Waals surface area (Å²) in [5.74, 6) is 0. The van der Waals surface area contributed by atoms with Gasteiger partial charge in [0.15, 0.2) is 0 Å². The lowest BCUT2D eigenvalue weighted by atomic mass is 10.1. The highest BCUT2D eigenvalue weighted by Gasteiger charge is 2.19. The van der Waals surface area contributed by atoms with Crippen LogP contribution in [0.1, 0.15) is 24.5 Å². The number of sulfonamides is 1. The van der Waals surface area contributed by atoms with Crippen molar-refractivity contribution in [3.05, 3.63) is 42.0 Å². The predicted molar refractivity (Wildman–Crippen MR) is 71.6 cm³/mol. The molecule has 1 aromatic carbocycles. The summed E-state index contributed by atoms with van der Waals surface area (Å²) in [7, 11) is -3.43. The second kappa shape index (κ2) is 5.22. The molecule has 98 valence electrons. The third kappa shape index (κ3) is 2.80. The Hall–Kier alpha value is -1.17. The normalized spacial score (nSPS) is 16.3. The van der Waals surface area contributed by atoms with Gasteiger partial charge in [0.1, 0.15) is 0 Å². The average Bonchev–Trinajstić information content (AvgIpc) is 2.75. The lowest BCUT2D eigenvalue weighted by Crippen LogP contribution is -2.32. The molecule has 2 rings (SSSR count). The number of hydrogen-bond acceptors (Lipinski definition) is 3. The topological polar surface area (TPSA) is 58.2 Å². The third-order valence-electron chi connectivity index (χ3n) is 3.00. The molecule has 0 fully saturated rings. The summed E-state index contributed by atoms with van der Waals surface area (Å²) in [6.45, 7) is 6.99. The maximum atomic E-state index is 12.2. The fraction of sp³-hybridized carbons (Fsp3) is 0.385. The van der Waals surface area contributed by atoms with E-state index in [2.05, 4.69) is 16.6 Å². The minimum atomic E-state index is -3.43. The zero-order chi connectivity index (χ0) is 13.2. The zero-order valence-corrected chi connectivity index (χ0v) is 11.3. The van der Waals surface area contributed by atoms with Crippen LogP contribution in [-0.2, 0) is 23.1 Å². The SMILES string of the molecule is C=CCC(C)NS(=O)(=O)c1ccc2c(c1)CNC2. The molecule has 0 radical (unpaired) electrons. The number of fused-ring (bicyclic) bond motifs is 1. The van der Waals surface area contributed by atoms with Gasteiger partial charge in [0.25, 0.3) is 0 Å². The van der Waals surface area contributed by atoms with Gasteiger partial charge in [-0.1, -0.05) is 12.1 Å². The fourth-order valence-corrected chi connectivity index (χ4v) is 3.38. The molecular formula is C13H18N2O2S. The standard InChI is InChI=1S/C13H18N2O2S/c1-3-4-10(2)15-18(16,17)13-6-5-11-8-14-9-12(11)7-13/h3,5-7,10,14-15H,1,4,8-9H2,2H3. The Balaban J connectivity index is 2.22. The van der Waals surface area contributed by atoms with Crippen molar-refractivity contribution in [3.8, 4) is 0 Å². The molecule has 0 saturated carbocycles. The summed E-state index contributed by atoms with van der Waals surface area (Å²) in [6.07, 6.45) is 2.32. The Kier molecular flexibility index (Phi) is 3.85. The minimum absolute atomic E-state index is 0.140. The van der Waals surface area contributed by atoms with E-state index in [1.807, 2.05) is 13.0 Å². The molecule has 2 N–H and O–H groups in total. The number of rotatable bonds is 5. The third-order valence-corrected chi connectivity index (χ3v) is 4.58. The number of nitrogens with one attached hydrogen (secondary N) is 2. The molecule has 0 amide bonds. The van der Waals surface area contributed by atoms with Gasteiger partial charge < -0.3 is 5.32 Å². The maximum absolute atomic E-state index is 12.2. The van der Waals surface area contributed by atoms with Crippen LogP contribution in [0.2, 0.25) is 0 Å². The monoisotopic (exact) mass is 266 g/mol. The Morgan fingerprint density at radius 3 is 2.89 bits per heavy atom. The van der Waals surface area contributed by atoms with Gasteiger partial charge in [-0.3, -0.25) is 0 Å². The second-order valence-corrected chi connectivity index (χ2v) is 6.29. The number of benzene rings is 1. The first-order valence-corrected chi connectivity index (χ1v) is 7.47. The molecule has 0 saturated heterocycles. The summed E-state index contributed by atoms with van der Waals surface area (Å²) >= 11 is 0. The molecule has 0 spiro atoms. The minimum Gasteiger partial charge on any atom is -0.309 e. The first kappa shape index (κ1) is 13.3. The van der Waals surface area contributed by atoms with Crippen molar-refractivity contribution in [1.29, 1.82) is 0 Å². The van der Waals surface area contributed by atoms with Crippen molar-refractivity contribution < 1.29 is 8.42 Å². The molecule has 18 heavy (non-hydrogen) atoms. The molecule has 1 aromatic rings. The molecule has 1 atom stereocenters. The molecule has 1 unspecified atom stereocenters. The fourth-order valence-electron chi connectivity index (χ4n) is 2.07. The van der Waals surface area contributed by atoms with Gasteiger partial charge in [0.05, 0.1) is 4.90 Å². The number of hydrogen-bond donors (Lipinski definition) is 2. The summed E-state index contributed by atoms with van der Waals surface area (Å²) in [5.41, 5.74) is 2.24. The van der Waals surface area contributed by atoms with Crippen LogP contribution in [0, 0.1) is 0 Å². The highest BCUT2D eigenvalue weighted by Crippen LogP contribution is 2.20. The van der Waals surface area contributed by atoms with Gasteiger partial charge in [-0.05, 0) is 36.6 Å². The van der Waals surface area contributed by atoms with Crippen molar-refractivity contribution in [2.45, 2.75) is 37.4 Å². The van der Waals surface area contributed by atoms with Gasteiger partial charge in [0.2, 0.25) is 10.0 Å². The lowest BCUT2D eigenvalue weighted by Gasteiger charge is -2.13. The van der Waals surface area contributed by atoms with Gasteiger partial charge in [0, 0.05) is 19.1 Å². The van der Waals surface area contributed by atoms with Gasteiger partial charge in [-0.25, -0.2) is 13.1 Å². The largest absolute Gasteiger partial charge is 0.309 e. The van der Waals surface area contributed by atoms with E-state index in [-0.39, 0.29) is 6.04 Å². The molecule has 0 bridgehead atoms. The van der Waals surface area contributed by atoms with Crippen LogP contribution in [-0.4, -0.2) is 14.5 Å². The van der Waals surface area contributed by atoms with E-state index in [9.17, 15) is 8.42 Å². The van der Waals surface area contributed by atoms with Crippen LogP contribution in [0.5, 0.6) is 0 Å².